The SMILES string of the molecule is O=C(CCn1ccc(C(=O)O)n1)Nc1ncn(Cc2ccc(Cl)cc2)n1. The van der Waals surface area contributed by atoms with E-state index in [2.05, 4.69) is 20.5 Å². The van der Waals surface area contributed by atoms with Crippen LogP contribution in [0.4, 0.5) is 5.95 Å². The lowest BCUT2D eigenvalue weighted by molar-refractivity contribution is -0.116. The minimum absolute atomic E-state index is 0.0620. The summed E-state index contributed by atoms with van der Waals surface area (Å²) < 4.78 is 3.00. The molecule has 10 heteroatoms. The van der Waals surface area contributed by atoms with Crippen molar-refractivity contribution in [2.24, 2.45) is 0 Å². The first-order valence-electron chi connectivity index (χ1n) is 7.70. The van der Waals surface area contributed by atoms with E-state index in [-0.39, 0.29) is 30.5 Å². The molecule has 0 bridgehead atoms. The molecule has 0 aliphatic rings. The van der Waals surface area contributed by atoms with Crippen LogP contribution < -0.4 is 5.32 Å². The van der Waals surface area contributed by atoms with Gasteiger partial charge >= 0.3 is 5.97 Å². The van der Waals surface area contributed by atoms with Crippen molar-refractivity contribution in [2.75, 3.05) is 5.32 Å². The second-order valence-electron chi connectivity index (χ2n) is 5.46. The number of carboxylic acid groups (broad SMARTS) is 1. The molecule has 0 unspecified atom stereocenters. The van der Waals surface area contributed by atoms with E-state index in [1.807, 2.05) is 12.1 Å². The molecule has 0 radical (unpaired) electrons. The summed E-state index contributed by atoms with van der Waals surface area (Å²) >= 11 is 5.85. The van der Waals surface area contributed by atoms with Crippen molar-refractivity contribution in [3.8, 4) is 0 Å². The Morgan fingerprint density at radius 3 is 2.58 bits per heavy atom. The van der Waals surface area contributed by atoms with Gasteiger partial charge in [-0.3, -0.25) is 14.8 Å². The Morgan fingerprint density at radius 2 is 1.88 bits per heavy atom. The van der Waals surface area contributed by atoms with Crippen LogP contribution in [-0.4, -0.2) is 41.5 Å². The first kappa shape index (κ1) is 17.6. The Labute approximate surface area is 153 Å². The maximum absolute atomic E-state index is 12.0. The third kappa shape index (κ3) is 4.67. The van der Waals surface area contributed by atoms with Crippen molar-refractivity contribution in [3.05, 3.63) is 59.1 Å². The van der Waals surface area contributed by atoms with Gasteiger partial charge in [0.05, 0.1) is 6.54 Å². The van der Waals surface area contributed by atoms with Crippen molar-refractivity contribution < 1.29 is 14.7 Å². The average molecular weight is 375 g/mol. The summed E-state index contributed by atoms with van der Waals surface area (Å²) in [7, 11) is 0. The molecule has 9 nitrogen and oxygen atoms in total. The number of aromatic carboxylic acids is 1. The van der Waals surface area contributed by atoms with Crippen molar-refractivity contribution >= 4 is 29.4 Å². The Morgan fingerprint density at radius 1 is 1.12 bits per heavy atom. The topological polar surface area (TPSA) is 115 Å². The zero-order valence-corrected chi connectivity index (χ0v) is 14.3. The number of carboxylic acids is 1. The quantitative estimate of drug-likeness (QED) is 0.652. The van der Waals surface area contributed by atoms with Crippen LogP contribution in [0.2, 0.25) is 5.02 Å². The van der Waals surface area contributed by atoms with Gasteiger partial charge in [0.1, 0.15) is 6.33 Å². The molecule has 2 heterocycles. The molecule has 134 valence electrons. The summed E-state index contributed by atoms with van der Waals surface area (Å²) in [5.74, 6) is -1.19. The molecule has 26 heavy (non-hydrogen) atoms. The number of hydrogen-bond donors (Lipinski definition) is 2. The van der Waals surface area contributed by atoms with E-state index in [0.29, 0.717) is 11.6 Å². The van der Waals surface area contributed by atoms with Crippen LogP contribution in [0.5, 0.6) is 0 Å². The van der Waals surface area contributed by atoms with E-state index in [9.17, 15) is 9.59 Å². The largest absolute Gasteiger partial charge is 0.476 e. The Balaban J connectivity index is 1.50. The normalized spacial score (nSPS) is 10.7. The maximum Gasteiger partial charge on any atom is 0.356 e. The number of aryl methyl sites for hydroxylation is 1. The van der Waals surface area contributed by atoms with Gasteiger partial charge in [0.2, 0.25) is 11.9 Å². The number of benzene rings is 1. The van der Waals surface area contributed by atoms with Crippen LogP contribution in [0.15, 0.2) is 42.9 Å². The van der Waals surface area contributed by atoms with Crippen molar-refractivity contribution in [1.82, 2.24) is 24.5 Å². The molecule has 1 amide bonds. The van der Waals surface area contributed by atoms with Crippen LogP contribution in [-0.2, 0) is 17.9 Å². The summed E-state index contributed by atoms with van der Waals surface area (Å²) in [4.78, 5) is 26.8. The predicted molar refractivity (Wildman–Crippen MR) is 93.0 cm³/mol. The van der Waals surface area contributed by atoms with Gasteiger partial charge in [-0.05, 0) is 23.8 Å². The number of nitrogens with one attached hydrogen (secondary N) is 1. The van der Waals surface area contributed by atoms with Crippen molar-refractivity contribution in [2.45, 2.75) is 19.5 Å². The second kappa shape index (κ2) is 7.79. The van der Waals surface area contributed by atoms with Crippen LogP contribution in [0.3, 0.4) is 0 Å². The molecular weight excluding hydrogens is 360 g/mol. The lowest BCUT2D eigenvalue weighted by Gasteiger charge is -2.02. The molecule has 0 atom stereocenters. The van der Waals surface area contributed by atoms with Gasteiger partial charge in [0.15, 0.2) is 5.69 Å². The first-order chi connectivity index (χ1) is 12.5. The maximum atomic E-state index is 12.0. The zero-order chi connectivity index (χ0) is 18.5. The molecule has 0 saturated carbocycles. The highest BCUT2D eigenvalue weighted by atomic mass is 35.5. The number of carbonyl (C=O) groups excluding carboxylic acids is 1. The lowest BCUT2D eigenvalue weighted by atomic mass is 10.2. The average Bonchev–Trinajstić information content (AvgIpc) is 3.25. The van der Waals surface area contributed by atoms with E-state index < -0.39 is 5.97 Å². The molecule has 2 N–H and O–H groups in total. The second-order valence-corrected chi connectivity index (χ2v) is 5.90. The van der Waals surface area contributed by atoms with Crippen LogP contribution in [0.1, 0.15) is 22.5 Å². The highest BCUT2D eigenvalue weighted by Gasteiger charge is 2.10. The minimum Gasteiger partial charge on any atom is -0.476 e. The zero-order valence-electron chi connectivity index (χ0n) is 13.5. The van der Waals surface area contributed by atoms with Gasteiger partial charge in [-0.25, -0.2) is 14.5 Å². The molecule has 0 aliphatic carbocycles. The van der Waals surface area contributed by atoms with Crippen molar-refractivity contribution in [1.29, 1.82) is 0 Å². The van der Waals surface area contributed by atoms with Crippen LogP contribution in [0.25, 0.3) is 0 Å². The molecule has 0 saturated heterocycles. The van der Waals surface area contributed by atoms with Gasteiger partial charge < -0.3 is 5.11 Å². The van der Waals surface area contributed by atoms with Gasteiger partial charge in [0, 0.05) is 24.2 Å². The highest BCUT2D eigenvalue weighted by Crippen LogP contribution is 2.10. The minimum atomic E-state index is -1.11. The number of nitrogens with zero attached hydrogens (tertiary/aromatic N) is 5. The lowest BCUT2D eigenvalue weighted by Crippen LogP contribution is -2.16. The van der Waals surface area contributed by atoms with E-state index in [0.717, 1.165) is 5.56 Å². The molecule has 0 fully saturated rings. The molecule has 2 aromatic heterocycles. The van der Waals surface area contributed by atoms with Gasteiger partial charge in [-0.15, -0.1) is 5.10 Å². The molecule has 0 spiro atoms. The standard InChI is InChI=1S/C16H15ClN6O3/c17-12-3-1-11(2-4-12)9-23-10-18-16(21-23)19-14(24)6-8-22-7-5-13(20-22)15(25)26/h1-5,7,10H,6,8-9H2,(H,25,26)(H,19,21,24). The third-order valence-electron chi connectivity index (χ3n) is 3.47. The van der Waals surface area contributed by atoms with E-state index in [1.165, 1.54) is 23.3 Å². The molecule has 3 aromatic rings. The number of rotatable bonds is 7. The van der Waals surface area contributed by atoms with Gasteiger partial charge in [-0.1, -0.05) is 23.7 Å². The first-order valence-corrected chi connectivity index (χ1v) is 8.08. The number of amides is 1. The fourth-order valence-electron chi connectivity index (χ4n) is 2.21. The molecular formula is C16H15ClN6O3. The smallest absolute Gasteiger partial charge is 0.356 e. The van der Waals surface area contributed by atoms with E-state index in [1.54, 1.807) is 16.8 Å². The number of halogens is 1. The van der Waals surface area contributed by atoms with Gasteiger partial charge in [-0.2, -0.15) is 5.10 Å². The molecule has 3 rings (SSSR count). The fourth-order valence-corrected chi connectivity index (χ4v) is 2.33. The van der Waals surface area contributed by atoms with Crippen LogP contribution in [0, 0.1) is 0 Å². The Hall–Kier alpha value is -3.20. The Bertz CT molecular complexity index is 918. The number of hydrogen-bond acceptors (Lipinski definition) is 5. The highest BCUT2D eigenvalue weighted by molar-refractivity contribution is 6.30. The van der Waals surface area contributed by atoms with Crippen molar-refractivity contribution in [3.63, 3.8) is 0 Å². The molecule has 1 aromatic carbocycles. The van der Waals surface area contributed by atoms with E-state index in [4.69, 9.17) is 16.7 Å². The summed E-state index contributed by atoms with van der Waals surface area (Å²) in [5.41, 5.74) is 0.943. The summed E-state index contributed by atoms with van der Waals surface area (Å²) in [5, 5.41) is 20.1. The molecule has 0 aliphatic heterocycles. The summed E-state index contributed by atoms with van der Waals surface area (Å²) in [6.45, 7) is 0.760. The van der Waals surface area contributed by atoms with E-state index >= 15 is 0 Å². The predicted octanol–water partition coefficient (Wildman–Crippen LogP) is 1.90. The van der Waals surface area contributed by atoms with Crippen LogP contribution >= 0.6 is 11.6 Å². The Kier molecular flexibility index (Phi) is 5.28. The number of anilines is 1. The third-order valence-corrected chi connectivity index (χ3v) is 3.73. The summed E-state index contributed by atoms with van der Waals surface area (Å²) in [6, 6.07) is 8.73. The fraction of sp³-hybridized carbons (Fsp3) is 0.188. The number of aromatic nitrogens is 5. The summed E-state index contributed by atoms with van der Waals surface area (Å²) in [6.07, 6.45) is 3.15. The monoisotopic (exact) mass is 374 g/mol. The van der Waals surface area contributed by atoms with Gasteiger partial charge in [0.25, 0.3) is 0 Å². The number of carbonyl (C=O) groups is 2.